The Morgan fingerprint density at radius 2 is 1.57 bits per heavy atom. The maximum atomic E-state index is 15.2. The summed E-state index contributed by atoms with van der Waals surface area (Å²) in [5.74, 6) is -1.25. The topological polar surface area (TPSA) is 109 Å². The molecule has 0 bridgehead atoms. The fourth-order valence-corrected chi connectivity index (χ4v) is 8.04. The molecule has 14 heteroatoms. The fraction of sp³-hybridized carbons (Fsp3) is 0.205. The molecule has 53 heavy (non-hydrogen) atoms. The van der Waals surface area contributed by atoms with Crippen molar-refractivity contribution in [1.82, 2.24) is 13.8 Å². The van der Waals surface area contributed by atoms with Gasteiger partial charge in [0, 0.05) is 38.2 Å². The third-order valence-electron chi connectivity index (χ3n) is 8.50. The van der Waals surface area contributed by atoms with Gasteiger partial charge in [0.15, 0.2) is 0 Å². The van der Waals surface area contributed by atoms with Crippen LogP contribution < -0.4 is 0 Å². The third kappa shape index (κ3) is 6.94. The van der Waals surface area contributed by atoms with Crippen LogP contribution in [0.15, 0.2) is 89.8 Å². The summed E-state index contributed by atoms with van der Waals surface area (Å²) in [4.78, 5) is 25.2. The van der Waals surface area contributed by atoms with Gasteiger partial charge in [-0.05, 0) is 88.7 Å². The van der Waals surface area contributed by atoms with E-state index in [4.69, 9.17) is 21.1 Å². The number of benzene rings is 4. The van der Waals surface area contributed by atoms with Crippen LogP contribution in [0.1, 0.15) is 54.5 Å². The van der Waals surface area contributed by atoms with Crippen LogP contribution in [0.5, 0.6) is 0 Å². The van der Waals surface area contributed by atoms with Crippen molar-refractivity contribution in [3.63, 3.8) is 0 Å². The molecule has 0 saturated heterocycles. The molecule has 2 aromatic heterocycles. The van der Waals surface area contributed by atoms with Gasteiger partial charge in [-0.15, -0.1) is 0 Å². The van der Waals surface area contributed by atoms with Crippen molar-refractivity contribution >= 4 is 44.6 Å². The number of carbonyl (C=O) groups is 2. The predicted octanol–water partition coefficient (Wildman–Crippen LogP) is 9.99. The van der Waals surface area contributed by atoms with Gasteiger partial charge >= 0.3 is 12.1 Å². The number of halogens is 4. The zero-order valence-electron chi connectivity index (χ0n) is 29.4. The first-order chi connectivity index (χ1) is 24.9. The molecule has 0 aliphatic carbocycles. The standard InChI is InChI=1S/C39H33ClF3N3O6S/c1-21-33(22(2)45(44-21)38(48)52-39(3,4)5)34-30-20-27(41)13-17-32(30)46(53(49,50)28-14-10-23(11-15-28)36(42)43)35(34)25-9-7-8-24(18-25)29-16-12-26(19-31(29)40)37(47)51-6/h7-20,36H,1-6H3. The Morgan fingerprint density at radius 1 is 0.887 bits per heavy atom. The SMILES string of the molecule is COC(=O)c1ccc(-c2cccc(-c3c(-c4c(C)nn(C(=O)OC(C)(C)C)c4C)c4cc(F)ccc4n3S(=O)(=O)c3ccc(C(F)F)cc3)c2)c(Cl)c1. The molecule has 0 radical (unpaired) electrons. The molecule has 2 heterocycles. The lowest BCUT2D eigenvalue weighted by Crippen LogP contribution is -2.28. The molecule has 0 aliphatic heterocycles. The molecule has 0 amide bonds. The number of esters is 1. The number of alkyl halides is 2. The minimum Gasteiger partial charge on any atom is -0.465 e. The average Bonchev–Trinajstić information content (AvgIpc) is 3.59. The van der Waals surface area contributed by atoms with Crippen LogP contribution in [-0.2, 0) is 19.5 Å². The first-order valence-corrected chi connectivity index (χ1v) is 18.0. The number of hydrogen-bond acceptors (Lipinski definition) is 7. The summed E-state index contributed by atoms with van der Waals surface area (Å²) < 4.78 is 84.2. The van der Waals surface area contributed by atoms with E-state index >= 15 is 4.39 Å². The smallest absolute Gasteiger partial charge is 0.435 e. The van der Waals surface area contributed by atoms with Crippen molar-refractivity contribution in [2.45, 2.75) is 51.5 Å². The highest BCUT2D eigenvalue weighted by Gasteiger charge is 2.33. The van der Waals surface area contributed by atoms with E-state index in [9.17, 15) is 26.8 Å². The van der Waals surface area contributed by atoms with E-state index in [-0.39, 0.29) is 48.9 Å². The zero-order valence-corrected chi connectivity index (χ0v) is 30.9. The number of ether oxygens (including phenoxy) is 2. The normalized spacial score (nSPS) is 12.1. The molecular weight excluding hydrogens is 731 g/mol. The summed E-state index contributed by atoms with van der Waals surface area (Å²) in [5.41, 5.74) is 1.69. The number of fused-ring (bicyclic) bond motifs is 1. The summed E-state index contributed by atoms with van der Waals surface area (Å²) in [5, 5.41) is 4.85. The summed E-state index contributed by atoms with van der Waals surface area (Å²) in [6.45, 7) is 8.35. The van der Waals surface area contributed by atoms with E-state index in [2.05, 4.69) is 5.10 Å². The van der Waals surface area contributed by atoms with E-state index in [1.54, 1.807) is 65.0 Å². The predicted molar refractivity (Wildman–Crippen MR) is 195 cm³/mol. The average molecular weight is 764 g/mol. The highest BCUT2D eigenvalue weighted by Crippen LogP contribution is 2.46. The minimum atomic E-state index is -4.60. The second-order valence-electron chi connectivity index (χ2n) is 13.2. The Balaban J connectivity index is 1.70. The minimum absolute atomic E-state index is 0.0719. The van der Waals surface area contributed by atoms with Crippen LogP contribution in [0, 0.1) is 19.7 Å². The summed E-state index contributed by atoms with van der Waals surface area (Å²) in [7, 11) is -3.35. The maximum Gasteiger partial charge on any atom is 0.435 e. The van der Waals surface area contributed by atoms with Gasteiger partial charge in [0.05, 0.1) is 40.2 Å². The molecule has 0 N–H and O–H groups in total. The Bertz CT molecular complexity index is 2540. The van der Waals surface area contributed by atoms with E-state index in [1.807, 2.05) is 0 Å². The third-order valence-corrected chi connectivity index (χ3v) is 10.5. The van der Waals surface area contributed by atoms with Gasteiger partial charge in [-0.2, -0.15) is 9.78 Å². The highest BCUT2D eigenvalue weighted by atomic mass is 35.5. The van der Waals surface area contributed by atoms with Gasteiger partial charge in [-0.3, -0.25) is 0 Å². The molecule has 6 aromatic rings. The molecule has 0 spiro atoms. The van der Waals surface area contributed by atoms with Crippen LogP contribution >= 0.6 is 11.6 Å². The van der Waals surface area contributed by atoms with Crippen LogP contribution in [0.25, 0.3) is 44.4 Å². The Morgan fingerprint density at radius 3 is 2.19 bits per heavy atom. The van der Waals surface area contributed by atoms with Crippen LogP contribution in [0.4, 0.5) is 18.0 Å². The van der Waals surface area contributed by atoms with Gasteiger partial charge in [0.25, 0.3) is 16.4 Å². The second kappa shape index (κ2) is 13.9. The van der Waals surface area contributed by atoms with Gasteiger partial charge < -0.3 is 9.47 Å². The van der Waals surface area contributed by atoms with Crippen LogP contribution in [-0.4, -0.2) is 46.9 Å². The summed E-state index contributed by atoms with van der Waals surface area (Å²) in [6, 6.07) is 19.2. The number of nitrogens with zero attached hydrogens (tertiary/aromatic N) is 3. The van der Waals surface area contributed by atoms with Gasteiger partial charge in [0.2, 0.25) is 0 Å². The Labute approximate surface area is 308 Å². The molecule has 6 rings (SSSR count). The fourth-order valence-electron chi connectivity index (χ4n) is 6.21. The first-order valence-electron chi connectivity index (χ1n) is 16.2. The highest BCUT2D eigenvalue weighted by molar-refractivity contribution is 7.90. The monoisotopic (exact) mass is 763 g/mol. The van der Waals surface area contributed by atoms with Crippen molar-refractivity contribution in [2.75, 3.05) is 7.11 Å². The Hall–Kier alpha value is -5.40. The number of hydrogen-bond donors (Lipinski definition) is 0. The lowest BCUT2D eigenvalue weighted by atomic mass is 9.95. The molecule has 274 valence electrons. The maximum absolute atomic E-state index is 15.2. The first kappa shape index (κ1) is 37.4. The number of carbonyl (C=O) groups excluding carboxylic acids is 2. The van der Waals surface area contributed by atoms with Crippen LogP contribution in [0.3, 0.4) is 0 Å². The molecule has 0 saturated carbocycles. The molecule has 0 aliphatic rings. The molecule has 4 aromatic carbocycles. The lowest BCUT2D eigenvalue weighted by Gasteiger charge is -2.19. The number of aromatic nitrogens is 3. The number of rotatable bonds is 7. The van der Waals surface area contributed by atoms with E-state index in [1.165, 1.54) is 31.4 Å². The molecule has 0 fully saturated rings. The van der Waals surface area contributed by atoms with Gasteiger partial charge in [-0.1, -0.05) is 48.0 Å². The number of methoxy groups -OCH3 is 1. The van der Waals surface area contributed by atoms with Crippen molar-refractivity contribution in [1.29, 1.82) is 0 Å². The molecular formula is C39H33ClF3N3O6S. The lowest BCUT2D eigenvalue weighted by molar-refractivity contribution is 0.0509. The van der Waals surface area contributed by atoms with E-state index < -0.39 is 39.9 Å². The number of aryl methyl sites for hydroxylation is 1. The van der Waals surface area contributed by atoms with E-state index in [0.29, 0.717) is 27.9 Å². The second-order valence-corrected chi connectivity index (χ2v) is 15.4. The van der Waals surface area contributed by atoms with Crippen LogP contribution in [0.2, 0.25) is 5.02 Å². The van der Waals surface area contributed by atoms with Crippen molar-refractivity contribution in [3.8, 4) is 33.5 Å². The zero-order chi connectivity index (χ0) is 38.6. The quantitative estimate of drug-likeness (QED) is 0.149. The molecule has 0 atom stereocenters. The summed E-state index contributed by atoms with van der Waals surface area (Å²) in [6.07, 6.45) is -3.60. The van der Waals surface area contributed by atoms with Gasteiger partial charge in [0.1, 0.15) is 11.4 Å². The largest absolute Gasteiger partial charge is 0.465 e. The van der Waals surface area contributed by atoms with Gasteiger partial charge in [-0.25, -0.2) is 35.2 Å². The summed E-state index contributed by atoms with van der Waals surface area (Å²) >= 11 is 6.65. The van der Waals surface area contributed by atoms with E-state index in [0.717, 1.165) is 39.0 Å². The molecule has 9 nitrogen and oxygen atoms in total. The van der Waals surface area contributed by atoms with Crippen molar-refractivity contribution in [3.05, 3.63) is 118 Å². The Kier molecular flexibility index (Phi) is 9.77. The van der Waals surface area contributed by atoms with Crippen molar-refractivity contribution < 1.29 is 40.7 Å². The molecule has 0 unspecified atom stereocenters. The van der Waals surface area contributed by atoms with Crippen molar-refractivity contribution in [2.24, 2.45) is 0 Å².